The third-order valence-corrected chi connectivity index (χ3v) is 2.34. The minimum atomic E-state index is -1.09. The van der Waals surface area contributed by atoms with Gasteiger partial charge in [0.25, 0.3) is 5.88 Å². The van der Waals surface area contributed by atoms with E-state index in [9.17, 15) is 9.18 Å². The second-order valence-electron chi connectivity index (χ2n) is 3.56. The first-order valence-electron chi connectivity index (χ1n) is 5.31. The van der Waals surface area contributed by atoms with Crippen LogP contribution in [-0.4, -0.2) is 23.2 Å². The van der Waals surface area contributed by atoms with Crippen LogP contribution < -0.4 is 9.47 Å². The number of methoxy groups -OCH3 is 1. The maximum absolute atomic E-state index is 13.4. The van der Waals surface area contributed by atoms with Crippen molar-refractivity contribution < 1.29 is 23.8 Å². The Balaban J connectivity index is 2.35. The minimum absolute atomic E-state index is 0.0469. The van der Waals surface area contributed by atoms with E-state index in [1.807, 2.05) is 0 Å². The Kier molecular flexibility index (Phi) is 3.61. The van der Waals surface area contributed by atoms with Crippen molar-refractivity contribution in [3.63, 3.8) is 0 Å². The molecule has 0 aliphatic heterocycles. The summed E-state index contributed by atoms with van der Waals surface area (Å²) < 4.78 is 23.7. The summed E-state index contributed by atoms with van der Waals surface area (Å²) in [7, 11) is 1.36. The molecule has 0 radical (unpaired) electrons. The lowest BCUT2D eigenvalue weighted by Crippen LogP contribution is -1.99. The number of carbonyl (C=O) groups is 1. The number of hydrogen-bond donors (Lipinski definition) is 1. The summed E-state index contributed by atoms with van der Waals surface area (Å²) in [6.45, 7) is 0. The van der Waals surface area contributed by atoms with Crippen molar-refractivity contribution in [1.29, 1.82) is 0 Å². The molecule has 98 valence electrons. The first-order valence-corrected chi connectivity index (χ1v) is 5.31. The third-order valence-electron chi connectivity index (χ3n) is 2.34. The van der Waals surface area contributed by atoms with E-state index in [2.05, 4.69) is 4.98 Å². The van der Waals surface area contributed by atoms with Crippen LogP contribution in [0.25, 0.3) is 0 Å². The first kappa shape index (κ1) is 12.8. The monoisotopic (exact) mass is 263 g/mol. The van der Waals surface area contributed by atoms with Crippen LogP contribution in [0.1, 0.15) is 10.4 Å². The molecule has 0 amide bonds. The fourth-order valence-corrected chi connectivity index (χ4v) is 1.44. The summed E-state index contributed by atoms with van der Waals surface area (Å²) >= 11 is 0. The van der Waals surface area contributed by atoms with Crippen molar-refractivity contribution in [3.05, 3.63) is 47.9 Å². The van der Waals surface area contributed by atoms with Gasteiger partial charge in [-0.3, -0.25) is 0 Å². The molecule has 1 N–H and O–H groups in total. The zero-order valence-corrected chi connectivity index (χ0v) is 9.96. The number of nitrogens with zero attached hydrogens (tertiary/aromatic N) is 1. The Morgan fingerprint density at radius 1 is 1.32 bits per heavy atom. The second-order valence-corrected chi connectivity index (χ2v) is 3.56. The molecule has 19 heavy (non-hydrogen) atoms. The van der Waals surface area contributed by atoms with Gasteiger partial charge in [-0.05, 0) is 30.3 Å². The number of halogens is 1. The van der Waals surface area contributed by atoms with E-state index in [1.165, 1.54) is 43.6 Å². The van der Waals surface area contributed by atoms with E-state index in [4.69, 9.17) is 14.6 Å². The molecule has 5 nitrogen and oxygen atoms in total. The summed E-state index contributed by atoms with van der Waals surface area (Å²) in [6, 6.07) is 6.66. The standard InChI is InChI=1S/C13H10FNO4/c1-18-11-7-8(13(16)17)4-5-10(11)19-12-9(14)3-2-6-15-12/h2-7H,1H3,(H,16,17). The Labute approximate surface area is 108 Å². The Morgan fingerprint density at radius 2 is 2.11 bits per heavy atom. The highest BCUT2D eigenvalue weighted by Gasteiger charge is 2.13. The smallest absolute Gasteiger partial charge is 0.335 e. The average molecular weight is 263 g/mol. The molecule has 0 atom stereocenters. The molecule has 0 aliphatic carbocycles. The summed E-state index contributed by atoms with van der Waals surface area (Å²) in [4.78, 5) is 14.6. The molecule has 0 spiro atoms. The fourth-order valence-electron chi connectivity index (χ4n) is 1.44. The van der Waals surface area contributed by atoms with Gasteiger partial charge in [-0.1, -0.05) is 0 Å². The lowest BCUT2D eigenvalue weighted by atomic mass is 10.2. The van der Waals surface area contributed by atoms with E-state index in [0.29, 0.717) is 0 Å². The van der Waals surface area contributed by atoms with Gasteiger partial charge in [0.1, 0.15) is 0 Å². The SMILES string of the molecule is COc1cc(C(=O)O)ccc1Oc1ncccc1F. The second kappa shape index (κ2) is 5.34. The third kappa shape index (κ3) is 2.79. The maximum Gasteiger partial charge on any atom is 0.335 e. The molecule has 0 saturated carbocycles. The molecule has 2 rings (SSSR count). The van der Waals surface area contributed by atoms with Gasteiger partial charge in [0.15, 0.2) is 17.3 Å². The van der Waals surface area contributed by atoms with E-state index in [1.54, 1.807) is 0 Å². The molecule has 2 aromatic rings. The van der Waals surface area contributed by atoms with Gasteiger partial charge in [-0.2, -0.15) is 0 Å². The topological polar surface area (TPSA) is 68.7 Å². The highest BCUT2D eigenvalue weighted by molar-refractivity contribution is 5.88. The molecular formula is C13H10FNO4. The Morgan fingerprint density at radius 3 is 2.74 bits per heavy atom. The van der Waals surface area contributed by atoms with Crippen molar-refractivity contribution >= 4 is 5.97 Å². The van der Waals surface area contributed by atoms with Gasteiger partial charge < -0.3 is 14.6 Å². The number of hydrogen-bond acceptors (Lipinski definition) is 4. The van der Waals surface area contributed by atoms with Crippen LogP contribution in [0.2, 0.25) is 0 Å². The van der Waals surface area contributed by atoms with E-state index >= 15 is 0 Å². The number of aromatic nitrogens is 1. The highest BCUT2D eigenvalue weighted by atomic mass is 19.1. The number of carboxylic acid groups (broad SMARTS) is 1. The van der Waals surface area contributed by atoms with Crippen LogP contribution in [0.3, 0.4) is 0 Å². The van der Waals surface area contributed by atoms with Crippen LogP contribution in [0.4, 0.5) is 4.39 Å². The lowest BCUT2D eigenvalue weighted by Gasteiger charge is -2.10. The Bertz CT molecular complexity index is 615. The molecule has 0 bridgehead atoms. The molecule has 0 saturated heterocycles. The van der Waals surface area contributed by atoms with E-state index < -0.39 is 11.8 Å². The number of carboxylic acids is 1. The number of pyridine rings is 1. The quantitative estimate of drug-likeness (QED) is 0.918. The zero-order valence-electron chi connectivity index (χ0n) is 9.96. The molecule has 1 heterocycles. The van der Waals surface area contributed by atoms with E-state index in [0.717, 1.165) is 0 Å². The molecule has 1 aromatic carbocycles. The van der Waals surface area contributed by atoms with Gasteiger partial charge in [0.2, 0.25) is 0 Å². The van der Waals surface area contributed by atoms with Gasteiger partial charge in [0, 0.05) is 6.20 Å². The molecule has 0 unspecified atom stereocenters. The molecule has 6 heteroatoms. The van der Waals surface area contributed by atoms with Crippen molar-refractivity contribution in [2.24, 2.45) is 0 Å². The molecular weight excluding hydrogens is 253 g/mol. The zero-order chi connectivity index (χ0) is 13.8. The van der Waals surface area contributed by atoms with Crippen molar-refractivity contribution in [2.45, 2.75) is 0 Å². The number of ether oxygens (including phenoxy) is 2. The normalized spacial score (nSPS) is 10.0. The predicted molar refractivity (Wildman–Crippen MR) is 64.2 cm³/mol. The van der Waals surface area contributed by atoms with Crippen LogP contribution in [-0.2, 0) is 0 Å². The predicted octanol–water partition coefficient (Wildman–Crippen LogP) is 2.72. The number of rotatable bonds is 4. The summed E-state index contributed by atoms with van der Waals surface area (Å²) in [5.74, 6) is -1.54. The van der Waals surface area contributed by atoms with Crippen LogP contribution in [0.5, 0.6) is 17.4 Å². The fraction of sp³-hybridized carbons (Fsp3) is 0.0769. The van der Waals surface area contributed by atoms with Gasteiger partial charge >= 0.3 is 5.97 Å². The summed E-state index contributed by atoms with van der Waals surface area (Å²) in [5, 5.41) is 8.86. The van der Waals surface area contributed by atoms with Crippen LogP contribution >= 0.6 is 0 Å². The lowest BCUT2D eigenvalue weighted by molar-refractivity contribution is 0.0696. The number of aromatic carboxylic acids is 1. The summed E-state index contributed by atoms with van der Waals surface area (Å²) in [6.07, 6.45) is 1.39. The van der Waals surface area contributed by atoms with Gasteiger partial charge in [-0.15, -0.1) is 0 Å². The highest BCUT2D eigenvalue weighted by Crippen LogP contribution is 2.32. The van der Waals surface area contributed by atoms with Gasteiger partial charge in [0.05, 0.1) is 12.7 Å². The van der Waals surface area contributed by atoms with Crippen LogP contribution in [0.15, 0.2) is 36.5 Å². The Hall–Kier alpha value is -2.63. The first-order chi connectivity index (χ1) is 9.11. The minimum Gasteiger partial charge on any atom is -0.493 e. The molecule has 1 aromatic heterocycles. The number of benzene rings is 1. The molecule has 0 fully saturated rings. The van der Waals surface area contributed by atoms with Gasteiger partial charge in [-0.25, -0.2) is 14.2 Å². The average Bonchev–Trinajstić information content (AvgIpc) is 2.41. The van der Waals surface area contributed by atoms with Crippen molar-refractivity contribution in [2.75, 3.05) is 7.11 Å². The van der Waals surface area contributed by atoms with E-state index in [-0.39, 0.29) is 22.9 Å². The van der Waals surface area contributed by atoms with Crippen LogP contribution in [0, 0.1) is 5.82 Å². The largest absolute Gasteiger partial charge is 0.493 e. The summed E-state index contributed by atoms with van der Waals surface area (Å²) in [5.41, 5.74) is 0.0469. The van der Waals surface area contributed by atoms with Crippen molar-refractivity contribution in [1.82, 2.24) is 4.98 Å². The maximum atomic E-state index is 13.4. The molecule has 0 aliphatic rings. The van der Waals surface area contributed by atoms with Crippen molar-refractivity contribution in [3.8, 4) is 17.4 Å².